The molecule has 2 unspecified atom stereocenters. The monoisotopic (exact) mass is 214 g/mol. The Hall–Kier alpha value is -0.610. The molecule has 1 aliphatic heterocycles. The Balaban J connectivity index is 2.29. The minimum absolute atomic E-state index is 0.109. The highest BCUT2D eigenvalue weighted by Crippen LogP contribution is 2.16. The molecule has 0 aromatic heterocycles. The first-order valence-electron chi connectivity index (χ1n) is 5.51. The van der Waals surface area contributed by atoms with Crippen LogP contribution in [0.15, 0.2) is 0 Å². The average Bonchev–Trinajstić information content (AvgIpc) is 2.50. The number of amides is 1. The SMILES string of the molecule is COC(C)(C)CC(C)NC1CNC(=O)C1. The molecule has 0 bridgehead atoms. The zero-order chi connectivity index (χ0) is 11.5. The van der Waals surface area contributed by atoms with Crippen LogP contribution in [-0.4, -0.2) is 37.2 Å². The predicted molar refractivity (Wildman–Crippen MR) is 59.7 cm³/mol. The molecule has 88 valence electrons. The highest BCUT2D eigenvalue weighted by Gasteiger charge is 2.25. The second-order valence-corrected chi connectivity index (χ2v) is 4.94. The first-order chi connectivity index (χ1) is 6.93. The molecule has 4 nitrogen and oxygen atoms in total. The van der Waals surface area contributed by atoms with Crippen LogP contribution in [0.3, 0.4) is 0 Å². The van der Waals surface area contributed by atoms with Crippen LogP contribution in [0.1, 0.15) is 33.6 Å². The lowest BCUT2D eigenvalue weighted by atomic mass is 9.99. The van der Waals surface area contributed by atoms with Gasteiger partial charge in [-0.3, -0.25) is 4.79 Å². The summed E-state index contributed by atoms with van der Waals surface area (Å²) in [7, 11) is 1.73. The third-order valence-electron chi connectivity index (χ3n) is 2.85. The maximum atomic E-state index is 11.0. The topological polar surface area (TPSA) is 50.4 Å². The summed E-state index contributed by atoms with van der Waals surface area (Å²) in [5.74, 6) is 0.144. The first-order valence-corrected chi connectivity index (χ1v) is 5.51. The van der Waals surface area contributed by atoms with E-state index in [0.717, 1.165) is 13.0 Å². The van der Waals surface area contributed by atoms with Gasteiger partial charge in [0.25, 0.3) is 0 Å². The van der Waals surface area contributed by atoms with Crippen molar-refractivity contribution in [2.45, 2.75) is 51.3 Å². The van der Waals surface area contributed by atoms with E-state index in [4.69, 9.17) is 4.74 Å². The van der Waals surface area contributed by atoms with Crippen LogP contribution >= 0.6 is 0 Å². The average molecular weight is 214 g/mol. The van der Waals surface area contributed by atoms with Crippen LogP contribution < -0.4 is 10.6 Å². The normalized spacial score (nSPS) is 24.0. The molecule has 1 aliphatic rings. The van der Waals surface area contributed by atoms with Crippen molar-refractivity contribution in [1.29, 1.82) is 0 Å². The number of carbonyl (C=O) groups is 1. The van der Waals surface area contributed by atoms with Crippen LogP contribution in [-0.2, 0) is 9.53 Å². The lowest BCUT2D eigenvalue weighted by molar-refractivity contribution is -0.119. The highest BCUT2D eigenvalue weighted by molar-refractivity contribution is 5.78. The summed E-state index contributed by atoms with van der Waals surface area (Å²) in [5, 5.41) is 6.26. The van der Waals surface area contributed by atoms with Crippen LogP contribution in [0, 0.1) is 0 Å². The summed E-state index contributed by atoms with van der Waals surface area (Å²) in [6.07, 6.45) is 1.53. The van der Waals surface area contributed by atoms with Crippen LogP contribution in [0.2, 0.25) is 0 Å². The molecular weight excluding hydrogens is 192 g/mol. The van der Waals surface area contributed by atoms with Gasteiger partial charge in [0.15, 0.2) is 0 Å². The molecule has 2 atom stereocenters. The van der Waals surface area contributed by atoms with E-state index >= 15 is 0 Å². The molecule has 0 aromatic rings. The van der Waals surface area contributed by atoms with Crippen molar-refractivity contribution in [3.63, 3.8) is 0 Å². The van der Waals surface area contributed by atoms with Gasteiger partial charge in [0, 0.05) is 32.2 Å². The van der Waals surface area contributed by atoms with Gasteiger partial charge in [-0.25, -0.2) is 0 Å². The molecule has 0 saturated carbocycles. The fourth-order valence-corrected chi connectivity index (χ4v) is 2.01. The Morgan fingerprint density at radius 1 is 1.67 bits per heavy atom. The Morgan fingerprint density at radius 3 is 2.80 bits per heavy atom. The van der Waals surface area contributed by atoms with Crippen molar-refractivity contribution in [3.05, 3.63) is 0 Å². The van der Waals surface area contributed by atoms with E-state index in [1.54, 1.807) is 7.11 Å². The van der Waals surface area contributed by atoms with Crippen molar-refractivity contribution in [3.8, 4) is 0 Å². The van der Waals surface area contributed by atoms with Gasteiger partial charge in [0.05, 0.1) is 5.60 Å². The molecule has 1 fully saturated rings. The van der Waals surface area contributed by atoms with E-state index in [1.807, 2.05) is 0 Å². The summed E-state index contributed by atoms with van der Waals surface area (Å²) in [4.78, 5) is 11.0. The zero-order valence-electron chi connectivity index (χ0n) is 10.1. The maximum absolute atomic E-state index is 11.0. The number of hydrogen-bond acceptors (Lipinski definition) is 3. The lowest BCUT2D eigenvalue weighted by Crippen LogP contribution is -2.42. The number of carbonyl (C=O) groups excluding carboxylic acids is 1. The molecule has 0 spiro atoms. The zero-order valence-corrected chi connectivity index (χ0v) is 10.1. The van der Waals surface area contributed by atoms with Crippen molar-refractivity contribution >= 4 is 5.91 Å². The summed E-state index contributed by atoms with van der Waals surface area (Å²) >= 11 is 0. The largest absolute Gasteiger partial charge is 0.379 e. The molecule has 0 aliphatic carbocycles. The first kappa shape index (κ1) is 12.5. The predicted octanol–water partition coefficient (Wildman–Crippen LogP) is 0.668. The lowest BCUT2D eigenvalue weighted by Gasteiger charge is -2.28. The van der Waals surface area contributed by atoms with E-state index in [2.05, 4.69) is 31.4 Å². The molecular formula is C11H22N2O2. The van der Waals surface area contributed by atoms with Crippen molar-refractivity contribution in [1.82, 2.24) is 10.6 Å². The van der Waals surface area contributed by atoms with Crippen LogP contribution in [0.5, 0.6) is 0 Å². The molecule has 2 N–H and O–H groups in total. The maximum Gasteiger partial charge on any atom is 0.221 e. The number of hydrogen-bond donors (Lipinski definition) is 2. The molecule has 4 heteroatoms. The Morgan fingerprint density at radius 2 is 2.33 bits per heavy atom. The van der Waals surface area contributed by atoms with E-state index in [9.17, 15) is 4.79 Å². The van der Waals surface area contributed by atoms with Gasteiger partial charge in [0.1, 0.15) is 0 Å². The van der Waals surface area contributed by atoms with E-state index in [-0.39, 0.29) is 17.6 Å². The van der Waals surface area contributed by atoms with E-state index in [1.165, 1.54) is 0 Å². The molecule has 15 heavy (non-hydrogen) atoms. The van der Waals surface area contributed by atoms with Crippen molar-refractivity contribution < 1.29 is 9.53 Å². The fourth-order valence-electron chi connectivity index (χ4n) is 2.01. The standard InChI is InChI=1S/C11H22N2O2/c1-8(6-11(2,3)15-4)13-9-5-10(14)12-7-9/h8-9,13H,5-7H2,1-4H3,(H,12,14). The van der Waals surface area contributed by atoms with Gasteiger partial charge in [-0.1, -0.05) is 0 Å². The van der Waals surface area contributed by atoms with Crippen molar-refractivity contribution in [2.24, 2.45) is 0 Å². The summed E-state index contributed by atoms with van der Waals surface area (Å²) in [6.45, 7) is 7.02. The van der Waals surface area contributed by atoms with Gasteiger partial charge < -0.3 is 15.4 Å². The molecule has 1 heterocycles. The Kier molecular flexibility index (Phi) is 4.11. The summed E-state index contributed by atoms with van der Waals surface area (Å²) in [5.41, 5.74) is -0.109. The van der Waals surface area contributed by atoms with E-state index in [0.29, 0.717) is 12.5 Å². The minimum Gasteiger partial charge on any atom is -0.379 e. The fraction of sp³-hybridized carbons (Fsp3) is 0.909. The molecule has 0 aromatic carbocycles. The Bertz CT molecular complexity index is 229. The number of ether oxygens (including phenoxy) is 1. The van der Waals surface area contributed by atoms with Crippen LogP contribution in [0.25, 0.3) is 0 Å². The summed E-state index contributed by atoms with van der Waals surface area (Å²) < 4.78 is 5.37. The van der Waals surface area contributed by atoms with Gasteiger partial charge in [-0.2, -0.15) is 0 Å². The van der Waals surface area contributed by atoms with Crippen molar-refractivity contribution in [2.75, 3.05) is 13.7 Å². The second kappa shape index (κ2) is 4.94. The molecule has 1 amide bonds. The summed E-state index contributed by atoms with van der Waals surface area (Å²) in [6, 6.07) is 0.637. The Labute approximate surface area is 91.8 Å². The van der Waals surface area contributed by atoms with Crippen LogP contribution in [0.4, 0.5) is 0 Å². The number of methoxy groups -OCH3 is 1. The molecule has 1 saturated heterocycles. The molecule has 0 radical (unpaired) electrons. The third-order valence-corrected chi connectivity index (χ3v) is 2.85. The quantitative estimate of drug-likeness (QED) is 0.707. The van der Waals surface area contributed by atoms with Gasteiger partial charge >= 0.3 is 0 Å². The highest BCUT2D eigenvalue weighted by atomic mass is 16.5. The van der Waals surface area contributed by atoms with Gasteiger partial charge in [-0.15, -0.1) is 0 Å². The number of rotatable bonds is 5. The smallest absolute Gasteiger partial charge is 0.221 e. The third kappa shape index (κ3) is 4.18. The van der Waals surface area contributed by atoms with Gasteiger partial charge in [0.2, 0.25) is 5.91 Å². The number of nitrogens with one attached hydrogen (secondary N) is 2. The second-order valence-electron chi connectivity index (χ2n) is 4.94. The minimum atomic E-state index is -0.109. The van der Waals surface area contributed by atoms with Gasteiger partial charge in [-0.05, 0) is 27.2 Å². The molecule has 1 rings (SSSR count). The van der Waals surface area contributed by atoms with E-state index < -0.39 is 0 Å².